The summed E-state index contributed by atoms with van der Waals surface area (Å²) in [6.45, 7) is 4.15. The van der Waals surface area contributed by atoms with Gasteiger partial charge in [-0.1, -0.05) is 26.3 Å². The number of methoxy groups -OCH3 is 1. The molecule has 0 radical (unpaired) electrons. The minimum Gasteiger partial charge on any atom is -0.501 e. The quantitative estimate of drug-likeness (QED) is 0.496. The van der Waals surface area contributed by atoms with Gasteiger partial charge in [0.25, 0.3) is 0 Å². The van der Waals surface area contributed by atoms with Crippen LogP contribution in [0.3, 0.4) is 0 Å². The van der Waals surface area contributed by atoms with Crippen LogP contribution in [0.25, 0.3) is 0 Å². The highest BCUT2D eigenvalue weighted by molar-refractivity contribution is 5.94. The van der Waals surface area contributed by atoms with E-state index in [1.807, 2.05) is 12.2 Å². The van der Waals surface area contributed by atoms with Crippen molar-refractivity contribution in [2.45, 2.75) is 46.0 Å². The SMILES string of the molecule is CC/C=C(/C/C=C(\NC)C(=O)CCCC)OC. The van der Waals surface area contributed by atoms with E-state index in [0.29, 0.717) is 18.5 Å². The van der Waals surface area contributed by atoms with E-state index in [2.05, 4.69) is 19.2 Å². The lowest BCUT2D eigenvalue weighted by atomic mass is 10.1. The normalized spacial score (nSPS) is 12.5. The first-order chi connectivity index (χ1) is 8.19. The maximum atomic E-state index is 11.8. The number of nitrogens with one attached hydrogen (secondary N) is 1. The Labute approximate surface area is 105 Å². The van der Waals surface area contributed by atoms with Crippen LogP contribution in [-0.4, -0.2) is 19.9 Å². The Morgan fingerprint density at radius 3 is 2.47 bits per heavy atom. The third-order valence-electron chi connectivity index (χ3n) is 2.53. The fourth-order valence-corrected chi connectivity index (χ4v) is 1.51. The molecule has 0 aliphatic carbocycles. The number of Topliss-reactive ketones (excluding diaryl/α,β-unsaturated/α-hetero) is 1. The fourth-order valence-electron chi connectivity index (χ4n) is 1.51. The van der Waals surface area contributed by atoms with E-state index in [4.69, 9.17) is 4.74 Å². The summed E-state index contributed by atoms with van der Waals surface area (Å²) in [4.78, 5) is 11.8. The summed E-state index contributed by atoms with van der Waals surface area (Å²) in [5, 5.41) is 2.96. The number of hydrogen-bond donors (Lipinski definition) is 1. The van der Waals surface area contributed by atoms with Gasteiger partial charge in [-0.15, -0.1) is 0 Å². The van der Waals surface area contributed by atoms with Crippen molar-refractivity contribution in [3.05, 3.63) is 23.6 Å². The molecule has 1 N–H and O–H groups in total. The van der Waals surface area contributed by atoms with Crippen molar-refractivity contribution in [3.8, 4) is 0 Å². The largest absolute Gasteiger partial charge is 0.501 e. The molecule has 0 saturated heterocycles. The summed E-state index contributed by atoms with van der Waals surface area (Å²) in [6.07, 6.45) is 8.14. The van der Waals surface area contributed by atoms with Gasteiger partial charge in [0, 0.05) is 19.9 Å². The predicted octanol–water partition coefficient (Wildman–Crippen LogP) is 3.18. The maximum absolute atomic E-state index is 11.8. The molecule has 3 heteroatoms. The molecule has 0 rings (SSSR count). The molecule has 0 aromatic rings. The van der Waals surface area contributed by atoms with E-state index in [1.165, 1.54) is 0 Å². The lowest BCUT2D eigenvalue weighted by Gasteiger charge is -2.07. The molecule has 3 nitrogen and oxygen atoms in total. The van der Waals surface area contributed by atoms with Gasteiger partial charge in [0.2, 0.25) is 0 Å². The second kappa shape index (κ2) is 9.94. The summed E-state index contributed by atoms with van der Waals surface area (Å²) in [6, 6.07) is 0. The van der Waals surface area contributed by atoms with Gasteiger partial charge in [-0.25, -0.2) is 0 Å². The van der Waals surface area contributed by atoms with Gasteiger partial charge in [0.15, 0.2) is 5.78 Å². The van der Waals surface area contributed by atoms with Crippen LogP contribution in [0.2, 0.25) is 0 Å². The molecule has 0 amide bonds. The smallest absolute Gasteiger partial charge is 0.178 e. The van der Waals surface area contributed by atoms with Crippen LogP contribution in [0, 0.1) is 0 Å². The lowest BCUT2D eigenvalue weighted by molar-refractivity contribution is -0.116. The monoisotopic (exact) mass is 239 g/mol. The Morgan fingerprint density at radius 2 is 2.00 bits per heavy atom. The van der Waals surface area contributed by atoms with E-state index in [0.717, 1.165) is 25.0 Å². The molecule has 0 aliphatic rings. The molecule has 17 heavy (non-hydrogen) atoms. The molecule has 0 aromatic heterocycles. The third kappa shape index (κ3) is 6.82. The van der Waals surface area contributed by atoms with E-state index < -0.39 is 0 Å². The minimum absolute atomic E-state index is 0.182. The molecule has 0 aliphatic heterocycles. The van der Waals surface area contributed by atoms with Crippen molar-refractivity contribution in [3.63, 3.8) is 0 Å². The Kier molecular flexibility index (Phi) is 9.21. The number of carbonyl (C=O) groups excluding carboxylic acids is 1. The molecular weight excluding hydrogens is 214 g/mol. The van der Waals surface area contributed by atoms with Crippen LogP contribution in [0.1, 0.15) is 46.0 Å². The molecule has 98 valence electrons. The van der Waals surface area contributed by atoms with E-state index in [-0.39, 0.29) is 5.78 Å². The molecule has 0 atom stereocenters. The van der Waals surface area contributed by atoms with Crippen LogP contribution in [0.15, 0.2) is 23.6 Å². The number of allylic oxidation sites excluding steroid dienone is 3. The number of hydrogen-bond acceptors (Lipinski definition) is 3. The Hall–Kier alpha value is -1.25. The molecular formula is C14H25NO2. The fraction of sp³-hybridized carbons (Fsp3) is 0.643. The van der Waals surface area contributed by atoms with Crippen molar-refractivity contribution in [1.82, 2.24) is 5.32 Å². The number of rotatable bonds is 9. The lowest BCUT2D eigenvalue weighted by Crippen LogP contribution is -2.16. The van der Waals surface area contributed by atoms with Gasteiger partial charge in [-0.05, 0) is 18.9 Å². The Balaban J connectivity index is 4.43. The number of ketones is 1. The average Bonchev–Trinajstić information content (AvgIpc) is 2.35. The first-order valence-electron chi connectivity index (χ1n) is 6.33. The van der Waals surface area contributed by atoms with Gasteiger partial charge in [-0.3, -0.25) is 4.79 Å². The zero-order valence-corrected chi connectivity index (χ0v) is 11.5. The first kappa shape index (κ1) is 15.8. The van der Waals surface area contributed by atoms with Gasteiger partial charge in [0.05, 0.1) is 18.6 Å². The van der Waals surface area contributed by atoms with Crippen LogP contribution in [0.4, 0.5) is 0 Å². The second-order valence-corrected chi connectivity index (χ2v) is 3.88. The molecule has 0 unspecified atom stereocenters. The third-order valence-corrected chi connectivity index (χ3v) is 2.53. The van der Waals surface area contributed by atoms with Crippen LogP contribution >= 0.6 is 0 Å². The highest BCUT2D eigenvalue weighted by Gasteiger charge is 2.06. The number of likely N-dealkylation sites (N-methyl/N-ethyl adjacent to an activating group) is 1. The van der Waals surface area contributed by atoms with Crippen molar-refractivity contribution < 1.29 is 9.53 Å². The average molecular weight is 239 g/mol. The van der Waals surface area contributed by atoms with E-state index >= 15 is 0 Å². The Bertz CT molecular complexity index is 280. The zero-order chi connectivity index (χ0) is 13.1. The summed E-state index contributed by atoms with van der Waals surface area (Å²) in [5.74, 6) is 1.09. The van der Waals surface area contributed by atoms with Crippen molar-refractivity contribution in [2.75, 3.05) is 14.2 Å². The van der Waals surface area contributed by atoms with Gasteiger partial charge < -0.3 is 10.1 Å². The zero-order valence-electron chi connectivity index (χ0n) is 11.5. The van der Waals surface area contributed by atoms with Crippen molar-refractivity contribution >= 4 is 5.78 Å². The van der Waals surface area contributed by atoms with Crippen molar-refractivity contribution in [2.24, 2.45) is 0 Å². The highest BCUT2D eigenvalue weighted by atomic mass is 16.5. The number of ether oxygens (including phenoxy) is 1. The summed E-state index contributed by atoms with van der Waals surface area (Å²) in [5.41, 5.74) is 0.692. The van der Waals surface area contributed by atoms with Gasteiger partial charge in [0.1, 0.15) is 0 Å². The van der Waals surface area contributed by atoms with Gasteiger partial charge in [-0.2, -0.15) is 0 Å². The highest BCUT2D eigenvalue weighted by Crippen LogP contribution is 2.09. The first-order valence-corrected chi connectivity index (χ1v) is 6.33. The van der Waals surface area contributed by atoms with Crippen LogP contribution in [-0.2, 0) is 9.53 Å². The van der Waals surface area contributed by atoms with Crippen LogP contribution in [0.5, 0.6) is 0 Å². The predicted molar refractivity (Wildman–Crippen MR) is 71.7 cm³/mol. The molecule has 0 bridgehead atoms. The number of carbonyl (C=O) groups is 1. The summed E-state index contributed by atoms with van der Waals surface area (Å²) in [7, 11) is 3.44. The molecule has 0 aromatic carbocycles. The Morgan fingerprint density at radius 1 is 1.29 bits per heavy atom. The standard InChI is InChI=1S/C14H25NO2/c1-5-7-9-14(16)13(15-3)11-10-12(17-4)8-6-2/h8,11,15H,5-7,9-10H2,1-4H3/b12-8-,13-11-. The summed E-state index contributed by atoms with van der Waals surface area (Å²) < 4.78 is 5.22. The molecule has 0 spiro atoms. The van der Waals surface area contributed by atoms with Gasteiger partial charge >= 0.3 is 0 Å². The van der Waals surface area contributed by atoms with E-state index in [1.54, 1.807) is 14.2 Å². The summed E-state index contributed by atoms with van der Waals surface area (Å²) >= 11 is 0. The van der Waals surface area contributed by atoms with Crippen molar-refractivity contribution in [1.29, 1.82) is 0 Å². The maximum Gasteiger partial charge on any atom is 0.178 e. The number of unbranched alkanes of at least 4 members (excludes halogenated alkanes) is 1. The minimum atomic E-state index is 0.182. The van der Waals surface area contributed by atoms with Crippen LogP contribution < -0.4 is 5.32 Å². The molecule has 0 fully saturated rings. The molecule has 0 saturated carbocycles. The van der Waals surface area contributed by atoms with E-state index in [9.17, 15) is 4.79 Å². The molecule has 0 heterocycles. The topological polar surface area (TPSA) is 38.3 Å². The second-order valence-electron chi connectivity index (χ2n) is 3.88.